The molecule has 1 heterocycles. The van der Waals surface area contributed by atoms with Gasteiger partial charge in [-0.1, -0.05) is 13.3 Å². The molecular weight excluding hydrogens is 228 g/mol. The molecule has 100 valence electrons. The van der Waals surface area contributed by atoms with E-state index in [4.69, 9.17) is 9.84 Å². The number of nitrogens with zero attached hydrogens (tertiary/aromatic N) is 2. The van der Waals surface area contributed by atoms with E-state index in [1.807, 2.05) is 6.92 Å². The molecule has 4 nitrogen and oxygen atoms in total. The molecule has 1 saturated carbocycles. The molecule has 0 aromatic carbocycles. The Morgan fingerprint density at radius 2 is 2.17 bits per heavy atom. The zero-order valence-corrected chi connectivity index (χ0v) is 11.2. The van der Waals surface area contributed by atoms with Crippen LogP contribution in [0.4, 0.5) is 0 Å². The number of hydrogen-bond acceptors (Lipinski definition) is 4. The maximum absolute atomic E-state index is 9.04. The van der Waals surface area contributed by atoms with Crippen LogP contribution in [0.3, 0.4) is 0 Å². The minimum atomic E-state index is -0.319. The number of aliphatic hydroxyl groups excluding tert-OH is 1. The molecule has 2 rings (SSSR count). The van der Waals surface area contributed by atoms with Crippen molar-refractivity contribution in [2.75, 3.05) is 6.61 Å². The normalized spacial score (nSPS) is 28.3. The second-order valence-corrected chi connectivity index (χ2v) is 5.20. The summed E-state index contributed by atoms with van der Waals surface area (Å²) >= 11 is 0. The van der Waals surface area contributed by atoms with Gasteiger partial charge in [0.25, 0.3) is 0 Å². The first kappa shape index (κ1) is 13.4. The Balaban J connectivity index is 2.27. The van der Waals surface area contributed by atoms with Crippen molar-refractivity contribution in [3.63, 3.8) is 0 Å². The molecule has 0 bridgehead atoms. The van der Waals surface area contributed by atoms with Gasteiger partial charge in [0.1, 0.15) is 5.60 Å². The molecule has 1 aliphatic rings. The van der Waals surface area contributed by atoms with E-state index in [2.05, 4.69) is 16.9 Å². The summed E-state index contributed by atoms with van der Waals surface area (Å²) in [6.07, 6.45) is 7.78. The monoisotopic (exact) mass is 250 g/mol. The Hall–Kier alpha value is -1.00. The molecule has 18 heavy (non-hydrogen) atoms. The van der Waals surface area contributed by atoms with Crippen LogP contribution in [-0.4, -0.2) is 21.7 Å². The number of rotatable bonds is 4. The SMILES string of the molecule is CCOC1(c2ncc(CO)cn2)CCCC(C)C1. The first-order valence-corrected chi connectivity index (χ1v) is 6.76. The van der Waals surface area contributed by atoms with Crippen LogP contribution in [0, 0.1) is 5.92 Å². The third-order valence-corrected chi connectivity index (χ3v) is 3.67. The molecule has 2 atom stereocenters. The van der Waals surface area contributed by atoms with Gasteiger partial charge in [0.15, 0.2) is 5.82 Å². The molecule has 1 aliphatic carbocycles. The predicted molar refractivity (Wildman–Crippen MR) is 68.9 cm³/mol. The zero-order chi connectivity index (χ0) is 13.0. The van der Waals surface area contributed by atoms with Gasteiger partial charge in [0, 0.05) is 24.6 Å². The van der Waals surface area contributed by atoms with Gasteiger partial charge in [-0.15, -0.1) is 0 Å². The van der Waals surface area contributed by atoms with E-state index in [0.717, 1.165) is 30.7 Å². The molecule has 0 spiro atoms. The Bertz CT molecular complexity index is 376. The predicted octanol–water partition coefficient (Wildman–Crippen LogP) is 2.41. The van der Waals surface area contributed by atoms with Crippen LogP contribution >= 0.6 is 0 Å². The molecule has 4 heteroatoms. The summed E-state index contributed by atoms with van der Waals surface area (Å²) in [7, 11) is 0. The van der Waals surface area contributed by atoms with E-state index in [1.165, 1.54) is 6.42 Å². The molecule has 0 aliphatic heterocycles. The van der Waals surface area contributed by atoms with Gasteiger partial charge in [0.2, 0.25) is 0 Å². The highest BCUT2D eigenvalue weighted by atomic mass is 16.5. The Morgan fingerprint density at radius 3 is 2.72 bits per heavy atom. The smallest absolute Gasteiger partial charge is 0.160 e. The van der Waals surface area contributed by atoms with Gasteiger partial charge in [-0.25, -0.2) is 9.97 Å². The van der Waals surface area contributed by atoms with Gasteiger partial charge in [-0.05, 0) is 32.1 Å². The number of aromatic nitrogens is 2. The molecule has 0 radical (unpaired) electrons. The van der Waals surface area contributed by atoms with Crippen LogP contribution in [0.2, 0.25) is 0 Å². The van der Waals surface area contributed by atoms with E-state index in [1.54, 1.807) is 12.4 Å². The van der Waals surface area contributed by atoms with Crippen molar-refractivity contribution in [2.24, 2.45) is 5.92 Å². The molecular formula is C14H22N2O2. The standard InChI is InChI=1S/C14H22N2O2/c1-3-18-14(6-4-5-11(2)7-14)13-15-8-12(10-17)9-16-13/h8-9,11,17H,3-7,10H2,1-2H3. The summed E-state index contributed by atoms with van der Waals surface area (Å²) in [6.45, 7) is 4.94. The Morgan fingerprint density at radius 1 is 1.44 bits per heavy atom. The highest BCUT2D eigenvalue weighted by Crippen LogP contribution is 2.41. The zero-order valence-electron chi connectivity index (χ0n) is 11.2. The molecule has 0 saturated heterocycles. The summed E-state index contributed by atoms with van der Waals surface area (Å²) in [6, 6.07) is 0. The highest BCUT2D eigenvalue weighted by Gasteiger charge is 2.39. The lowest BCUT2D eigenvalue weighted by Gasteiger charge is -2.38. The first-order valence-electron chi connectivity index (χ1n) is 6.76. The fourth-order valence-corrected chi connectivity index (χ4v) is 2.85. The molecule has 1 aromatic rings. The van der Waals surface area contributed by atoms with E-state index < -0.39 is 0 Å². The number of ether oxygens (including phenoxy) is 1. The molecule has 2 unspecified atom stereocenters. The fourth-order valence-electron chi connectivity index (χ4n) is 2.85. The average molecular weight is 250 g/mol. The van der Waals surface area contributed by atoms with Crippen molar-refractivity contribution in [3.8, 4) is 0 Å². The fraction of sp³-hybridized carbons (Fsp3) is 0.714. The van der Waals surface area contributed by atoms with Crippen molar-refractivity contribution >= 4 is 0 Å². The van der Waals surface area contributed by atoms with Crippen molar-refractivity contribution < 1.29 is 9.84 Å². The third kappa shape index (κ3) is 2.70. The van der Waals surface area contributed by atoms with Crippen molar-refractivity contribution in [3.05, 3.63) is 23.8 Å². The summed E-state index contributed by atoms with van der Waals surface area (Å²) in [5.74, 6) is 1.42. The van der Waals surface area contributed by atoms with Crippen LogP contribution in [0.15, 0.2) is 12.4 Å². The first-order chi connectivity index (χ1) is 8.70. The Labute approximate surface area is 108 Å². The molecule has 1 aromatic heterocycles. The van der Waals surface area contributed by atoms with Gasteiger partial charge in [-0.2, -0.15) is 0 Å². The second-order valence-electron chi connectivity index (χ2n) is 5.20. The second kappa shape index (κ2) is 5.76. The third-order valence-electron chi connectivity index (χ3n) is 3.67. The van der Waals surface area contributed by atoms with Crippen LogP contribution in [-0.2, 0) is 16.9 Å². The van der Waals surface area contributed by atoms with Crippen molar-refractivity contribution in [1.82, 2.24) is 9.97 Å². The van der Waals surface area contributed by atoms with Crippen LogP contribution < -0.4 is 0 Å². The minimum absolute atomic E-state index is 0.0156. The number of hydrogen-bond donors (Lipinski definition) is 1. The van der Waals surface area contributed by atoms with E-state index in [0.29, 0.717) is 12.5 Å². The maximum atomic E-state index is 9.04. The van der Waals surface area contributed by atoms with Crippen molar-refractivity contribution in [1.29, 1.82) is 0 Å². The van der Waals surface area contributed by atoms with Crippen molar-refractivity contribution in [2.45, 2.75) is 51.7 Å². The minimum Gasteiger partial charge on any atom is -0.392 e. The van der Waals surface area contributed by atoms with Gasteiger partial charge in [-0.3, -0.25) is 0 Å². The maximum Gasteiger partial charge on any atom is 0.160 e. The van der Waals surface area contributed by atoms with Crippen LogP contribution in [0.25, 0.3) is 0 Å². The number of aliphatic hydroxyl groups is 1. The average Bonchev–Trinajstić information content (AvgIpc) is 2.39. The van der Waals surface area contributed by atoms with Crippen LogP contribution in [0.5, 0.6) is 0 Å². The lowest BCUT2D eigenvalue weighted by molar-refractivity contribution is -0.0881. The van der Waals surface area contributed by atoms with E-state index in [9.17, 15) is 0 Å². The molecule has 0 amide bonds. The molecule has 1 N–H and O–H groups in total. The van der Waals surface area contributed by atoms with Gasteiger partial charge >= 0.3 is 0 Å². The van der Waals surface area contributed by atoms with Crippen LogP contribution in [0.1, 0.15) is 50.9 Å². The van der Waals surface area contributed by atoms with E-state index in [-0.39, 0.29) is 12.2 Å². The summed E-state index contributed by atoms with van der Waals surface area (Å²) in [5.41, 5.74) is 0.426. The Kier molecular flexibility index (Phi) is 4.30. The quantitative estimate of drug-likeness (QED) is 0.891. The van der Waals surface area contributed by atoms with Gasteiger partial charge in [0.05, 0.1) is 6.61 Å². The van der Waals surface area contributed by atoms with E-state index >= 15 is 0 Å². The largest absolute Gasteiger partial charge is 0.392 e. The summed E-state index contributed by atoms with van der Waals surface area (Å²) < 4.78 is 6.01. The lowest BCUT2D eigenvalue weighted by atomic mass is 9.78. The highest BCUT2D eigenvalue weighted by molar-refractivity contribution is 5.10. The lowest BCUT2D eigenvalue weighted by Crippen LogP contribution is -2.37. The summed E-state index contributed by atoms with van der Waals surface area (Å²) in [4.78, 5) is 8.80. The summed E-state index contributed by atoms with van der Waals surface area (Å²) in [5, 5.41) is 9.04. The topological polar surface area (TPSA) is 55.2 Å². The molecule has 1 fully saturated rings. The van der Waals surface area contributed by atoms with Gasteiger partial charge < -0.3 is 9.84 Å².